The molecule has 0 saturated heterocycles. The standard InChI is InChI=1S/C28H24O5/c1-2-3-9-20-16-18-22(19-17-20)27(29)32-24-14-7-10-21-11-8-15-25(26(21)24)33-28(30)31-23-12-5-4-6-13-23/h4-8,10-19H,2-3,9H2,1H3. The van der Waals surface area contributed by atoms with Gasteiger partial charge in [0.25, 0.3) is 0 Å². The van der Waals surface area contributed by atoms with Gasteiger partial charge in [0, 0.05) is 0 Å². The van der Waals surface area contributed by atoms with E-state index >= 15 is 0 Å². The van der Waals surface area contributed by atoms with Gasteiger partial charge >= 0.3 is 12.1 Å². The topological polar surface area (TPSA) is 61.8 Å². The van der Waals surface area contributed by atoms with Crippen LogP contribution in [0, 0.1) is 0 Å². The van der Waals surface area contributed by atoms with Gasteiger partial charge in [0.2, 0.25) is 0 Å². The number of fused-ring (bicyclic) bond motifs is 1. The first-order valence-corrected chi connectivity index (χ1v) is 10.9. The molecule has 0 saturated carbocycles. The van der Waals surface area contributed by atoms with Crippen molar-refractivity contribution < 1.29 is 23.8 Å². The lowest BCUT2D eigenvalue weighted by Gasteiger charge is -2.12. The second-order valence-electron chi connectivity index (χ2n) is 7.57. The van der Waals surface area contributed by atoms with E-state index in [9.17, 15) is 9.59 Å². The van der Waals surface area contributed by atoms with Crippen molar-refractivity contribution in [1.82, 2.24) is 0 Å². The SMILES string of the molecule is CCCCc1ccc(C(=O)Oc2cccc3cccc(OC(=O)Oc4ccccc4)c23)cc1. The van der Waals surface area contributed by atoms with Gasteiger partial charge in [-0.1, -0.05) is 67.9 Å². The summed E-state index contributed by atoms with van der Waals surface area (Å²) < 4.78 is 16.4. The van der Waals surface area contributed by atoms with Crippen molar-refractivity contribution in [3.63, 3.8) is 0 Å². The van der Waals surface area contributed by atoms with Gasteiger partial charge in [0.05, 0.1) is 10.9 Å². The lowest BCUT2D eigenvalue weighted by atomic mass is 10.1. The molecule has 5 nitrogen and oxygen atoms in total. The summed E-state index contributed by atoms with van der Waals surface area (Å²) >= 11 is 0. The Morgan fingerprint density at radius 2 is 1.36 bits per heavy atom. The van der Waals surface area contributed by atoms with Crippen molar-refractivity contribution in [2.75, 3.05) is 0 Å². The van der Waals surface area contributed by atoms with Crippen molar-refractivity contribution in [3.05, 3.63) is 102 Å². The van der Waals surface area contributed by atoms with E-state index in [0.717, 1.165) is 24.6 Å². The van der Waals surface area contributed by atoms with Gasteiger partial charge in [-0.25, -0.2) is 9.59 Å². The molecule has 0 atom stereocenters. The normalized spacial score (nSPS) is 10.6. The summed E-state index contributed by atoms with van der Waals surface area (Å²) in [6.07, 6.45) is 2.33. The number of ether oxygens (including phenoxy) is 3. The zero-order valence-electron chi connectivity index (χ0n) is 18.3. The molecule has 0 fully saturated rings. The van der Waals surface area contributed by atoms with Gasteiger partial charge < -0.3 is 14.2 Å². The van der Waals surface area contributed by atoms with Crippen LogP contribution in [0.1, 0.15) is 35.7 Å². The summed E-state index contributed by atoms with van der Waals surface area (Å²) in [5, 5.41) is 1.28. The van der Waals surface area contributed by atoms with E-state index in [4.69, 9.17) is 14.2 Å². The number of esters is 1. The maximum Gasteiger partial charge on any atom is 0.519 e. The van der Waals surface area contributed by atoms with E-state index in [0.29, 0.717) is 22.4 Å². The molecule has 166 valence electrons. The lowest BCUT2D eigenvalue weighted by Crippen LogP contribution is -2.14. The molecule has 0 spiro atoms. The highest BCUT2D eigenvalue weighted by molar-refractivity contribution is 5.98. The maximum atomic E-state index is 12.8. The number of hydrogen-bond donors (Lipinski definition) is 0. The van der Waals surface area contributed by atoms with E-state index in [1.165, 1.54) is 5.56 Å². The van der Waals surface area contributed by atoms with Gasteiger partial charge in [-0.05, 0) is 60.2 Å². The van der Waals surface area contributed by atoms with Crippen LogP contribution in [-0.4, -0.2) is 12.1 Å². The van der Waals surface area contributed by atoms with E-state index in [2.05, 4.69) is 6.92 Å². The average Bonchev–Trinajstić information content (AvgIpc) is 2.84. The number of carbonyl (C=O) groups excluding carboxylic acids is 2. The predicted molar refractivity (Wildman–Crippen MR) is 127 cm³/mol. The number of rotatable bonds is 7. The molecule has 0 aliphatic heterocycles. The summed E-state index contributed by atoms with van der Waals surface area (Å²) in [4.78, 5) is 25.1. The zero-order chi connectivity index (χ0) is 23.0. The van der Waals surface area contributed by atoms with E-state index in [1.54, 1.807) is 60.7 Å². The fourth-order valence-electron chi connectivity index (χ4n) is 3.49. The molecule has 4 aromatic rings. The van der Waals surface area contributed by atoms with Crippen LogP contribution in [0.4, 0.5) is 4.79 Å². The molecule has 0 unspecified atom stereocenters. The number of carbonyl (C=O) groups is 2. The molecular formula is C28H24O5. The summed E-state index contributed by atoms with van der Waals surface area (Å²) in [6, 6.07) is 26.6. The Morgan fingerprint density at radius 1 is 0.697 bits per heavy atom. The average molecular weight is 440 g/mol. The molecule has 4 aromatic carbocycles. The summed E-state index contributed by atoms with van der Waals surface area (Å²) in [6.45, 7) is 2.15. The third kappa shape index (κ3) is 5.57. The predicted octanol–water partition coefficient (Wildman–Crippen LogP) is 6.98. The van der Waals surface area contributed by atoms with Gasteiger partial charge in [0.1, 0.15) is 17.2 Å². The van der Waals surface area contributed by atoms with Crippen molar-refractivity contribution in [2.24, 2.45) is 0 Å². The second-order valence-corrected chi connectivity index (χ2v) is 7.57. The Hall–Kier alpha value is -4.12. The highest BCUT2D eigenvalue weighted by atomic mass is 16.7. The molecule has 0 aromatic heterocycles. The Bertz CT molecular complexity index is 1240. The fraction of sp³-hybridized carbons (Fsp3) is 0.143. The van der Waals surface area contributed by atoms with E-state index < -0.39 is 12.1 Å². The minimum absolute atomic E-state index is 0.242. The summed E-state index contributed by atoms with van der Waals surface area (Å²) in [7, 11) is 0. The smallest absolute Gasteiger partial charge is 0.422 e. The Morgan fingerprint density at radius 3 is 2.03 bits per heavy atom. The van der Waals surface area contributed by atoms with Crippen LogP contribution in [0.15, 0.2) is 91.0 Å². The molecule has 5 heteroatoms. The number of para-hydroxylation sites is 1. The molecular weight excluding hydrogens is 416 g/mol. The quantitative estimate of drug-likeness (QED) is 0.176. The van der Waals surface area contributed by atoms with Gasteiger partial charge in [0.15, 0.2) is 0 Å². The van der Waals surface area contributed by atoms with Crippen molar-refractivity contribution in [1.29, 1.82) is 0 Å². The Labute approximate surface area is 192 Å². The highest BCUT2D eigenvalue weighted by Crippen LogP contribution is 2.35. The maximum absolute atomic E-state index is 12.8. The first kappa shape index (κ1) is 22.1. The van der Waals surface area contributed by atoms with Crippen molar-refractivity contribution in [3.8, 4) is 17.2 Å². The molecule has 0 amide bonds. The Balaban J connectivity index is 1.55. The van der Waals surface area contributed by atoms with E-state index in [-0.39, 0.29) is 5.75 Å². The number of unbranched alkanes of at least 4 members (excludes halogenated alkanes) is 1. The molecule has 33 heavy (non-hydrogen) atoms. The van der Waals surface area contributed by atoms with Gasteiger partial charge in [-0.15, -0.1) is 0 Å². The van der Waals surface area contributed by atoms with Crippen LogP contribution >= 0.6 is 0 Å². The molecule has 0 radical (unpaired) electrons. The third-order valence-electron chi connectivity index (χ3n) is 5.18. The first-order chi connectivity index (χ1) is 16.1. The van der Waals surface area contributed by atoms with Crippen LogP contribution in [0.2, 0.25) is 0 Å². The van der Waals surface area contributed by atoms with Crippen LogP contribution in [0.5, 0.6) is 17.2 Å². The third-order valence-corrected chi connectivity index (χ3v) is 5.18. The van der Waals surface area contributed by atoms with Crippen molar-refractivity contribution in [2.45, 2.75) is 26.2 Å². The molecule has 0 aliphatic carbocycles. The fourth-order valence-corrected chi connectivity index (χ4v) is 3.49. The minimum atomic E-state index is -0.877. The molecule has 0 N–H and O–H groups in total. The van der Waals surface area contributed by atoms with Crippen LogP contribution < -0.4 is 14.2 Å². The number of benzene rings is 4. The van der Waals surface area contributed by atoms with Gasteiger partial charge in [-0.3, -0.25) is 0 Å². The lowest BCUT2D eigenvalue weighted by molar-refractivity contribution is 0.0737. The molecule has 0 heterocycles. The monoisotopic (exact) mass is 440 g/mol. The van der Waals surface area contributed by atoms with Crippen LogP contribution in [0.25, 0.3) is 10.8 Å². The molecule has 0 bridgehead atoms. The summed E-state index contributed by atoms with van der Waals surface area (Å²) in [5.41, 5.74) is 1.64. The Kier molecular flexibility index (Phi) is 7.00. The number of hydrogen-bond acceptors (Lipinski definition) is 5. The first-order valence-electron chi connectivity index (χ1n) is 10.9. The number of aryl methyl sites for hydroxylation is 1. The zero-order valence-corrected chi connectivity index (χ0v) is 18.3. The molecule has 4 rings (SSSR count). The summed E-state index contributed by atoms with van der Waals surface area (Å²) in [5.74, 6) is 0.436. The van der Waals surface area contributed by atoms with Crippen LogP contribution in [0.3, 0.4) is 0 Å². The minimum Gasteiger partial charge on any atom is -0.422 e. The highest BCUT2D eigenvalue weighted by Gasteiger charge is 2.17. The van der Waals surface area contributed by atoms with Gasteiger partial charge in [-0.2, -0.15) is 0 Å². The second kappa shape index (κ2) is 10.5. The van der Waals surface area contributed by atoms with E-state index in [1.807, 2.05) is 30.3 Å². The van der Waals surface area contributed by atoms with Crippen LogP contribution in [-0.2, 0) is 6.42 Å². The van der Waals surface area contributed by atoms with Crippen molar-refractivity contribution >= 4 is 22.9 Å². The largest absolute Gasteiger partial charge is 0.519 e. The molecule has 0 aliphatic rings.